The highest BCUT2D eigenvalue weighted by Crippen LogP contribution is 2.14. The van der Waals surface area contributed by atoms with Gasteiger partial charge in [-0.2, -0.15) is 0 Å². The second-order valence-electron chi connectivity index (χ2n) is 4.40. The predicted octanol–water partition coefficient (Wildman–Crippen LogP) is 1.42. The zero-order valence-corrected chi connectivity index (χ0v) is 11.6. The standard InChI is InChI=1S/C13H19N3OS/c1-10(16-13-14-8-3-9-15-13)11-4-6-12(7-5-11)18(2)17/h4-7,10H,3,8-9H2,1-2H3,(H2,14,15,16). The van der Waals surface area contributed by atoms with Crippen LogP contribution in [0.25, 0.3) is 0 Å². The minimum absolute atomic E-state index is 0.189. The average Bonchev–Trinajstić information content (AvgIpc) is 2.40. The van der Waals surface area contributed by atoms with Gasteiger partial charge < -0.3 is 10.6 Å². The Hall–Kier alpha value is -1.36. The van der Waals surface area contributed by atoms with Crippen LogP contribution in [-0.4, -0.2) is 29.5 Å². The Morgan fingerprint density at radius 1 is 1.39 bits per heavy atom. The number of hydrogen-bond donors (Lipinski definition) is 2. The summed E-state index contributed by atoms with van der Waals surface area (Å²) in [6.45, 7) is 3.96. The molecule has 0 radical (unpaired) electrons. The summed E-state index contributed by atoms with van der Waals surface area (Å²) in [5.74, 6) is 0.872. The zero-order chi connectivity index (χ0) is 13.0. The van der Waals surface area contributed by atoms with Crippen LogP contribution in [-0.2, 0) is 10.8 Å². The molecule has 1 aromatic rings. The van der Waals surface area contributed by atoms with E-state index in [9.17, 15) is 4.21 Å². The molecule has 0 amide bonds. The highest BCUT2D eigenvalue weighted by atomic mass is 32.2. The molecule has 0 saturated carbocycles. The smallest absolute Gasteiger partial charge is 0.191 e. The monoisotopic (exact) mass is 265 g/mol. The van der Waals surface area contributed by atoms with Gasteiger partial charge in [0.05, 0.1) is 6.04 Å². The minimum atomic E-state index is -0.913. The molecule has 1 aliphatic heterocycles. The van der Waals surface area contributed by atoms with Crippen LogP contribution in [0.4, 0.5) is 0 Å². The molecule has 18 heavy (non-hydrogen) atoms. The molecule has 2 N–H and O–H groups in total. The maximum absolute atomic E-state index is 11.3. The molecule has 0 aromatic heterocycles. The van der Waals surface area contributed by atoms with E-state index in [2.05, 4.69) is 22.5 Å². The molecule has 1 aliphatic rings. The number of nitrogens with one attached hydrogen (secondary N) is 2. The third-order valence-electron chi connectivity index (χ3n) is 2.96. The van der Waals surface area contributed by atoms with Crippen molar-refractivity contribution >= 4 is 16.8 Å². The van der Waals surface area contributed by atoms with Crippen molar-refractivity contribution in [1.29, 1.82) is 0 Å². The van der Waals surface area contributed by atoms with Gasteiger partial charge in [-0.15, -0.1) is 0 Å². The third-order valence-corrected chi connectivity index (χ3v) is 3.90. The lowest BCUT2D eigenvalue weighted by atomic mass is 10.1. The van der Waals surface area contributed by atoms with E-state index in [1.807, 2.05) is 24.3 Å². The predicted molar refractivity (Wildman–Crippen MR) is 75.2 cm³/mol. The van der Waals surface area contributed by atoms with E-state index in [4.69, 9.17) is 0 Å². The van der Waals surface area contributed by atoms with Crippen LogP contribution >= 0.6 is 0 Å². The van der Waals surface area contributed by atoms with E-state index in [0.717, 1.165) is 30.4 Å². The lowest BCUT2D eigenvalue weighted by molar-refractivity contribution is 0.648. The molecule has 5 heteroatoms. The number of benzene rings is 1. The molecule has 0 fully saturated rings. The van der Waals surface area contributed by atoms with Gasteiger partial charge in [-0.25, -0.2) is 0 Å². The Morgan fingerprint density at radius 3 is 2.67 bits per heavy atom. The first-order valence-electron chi connectivity index (χ1n) is 6.15. The van der Waals surface area contributed by atoms with Crippen LogP contribution in [0.5, 0.6) is 0 Å². The van der Waals surface area contributed by atoms with Crippen LogP contribution in [0.1, 0.15) is 24.9 Å². The Kier molecular flexibility index (Phi) is 4.36. The minimum Gasteiger partial charge on any atom is -0.356 e. The summed E-state index contributed by atoms with van der Waals surface area (Å²) in [5, 5.41) is 6.59. The molecule has 0 spiro atoms. The molecule has 0 aliphatic carbocycles. The number of guanidine groups is 1. The number of hydrogen-bond acceptors (Lipinski definition) is 4. The second-order valence-corrected chi connectivity index (χ2v) is 5.78. The largest absolute Gasteiger partial charge is 0.356 e. The molecular formula is C13H19N3OS. The van der Waals surface area contributed by atoms with Crippen LogP contribution in [0, 0.1) is 0 Å². The number of aliphatic imine (C=N–C) groups is 1. The van der Waals surface area contributed by atoms with Gasteiger partial charge in [-0.05, 0) is 31.0 Å². The van der Waals surface area contributed by atoms with Crippen LogP contribution in [0.3, 0.4) is 0 Å². The molecular weight excluding hydrogens is 246 g/mol. The first-order chi connectivity index (χ1) is 8.66. The van der Waals surface area contributed by atoms with Gasteiger partial charge in [-0.1, -0.05) is 12.1 Å². The Bertz CT molecular complexity index is 456. The van der Waals surface area contributed by atoms with Gasteiger partial charge in [-0.3, -0.25) is 9.20 Å². The summed E-state index contributed by atoms with van der Waals surface area (Å²) >= 11 is 0. The first kappa shape index (κ1) is 13.1. The zero-order valence-electron chi connectivity index (χ0n) is 10.8. The van der Waals surface area contributed by atoms with Gasteiger partial charge in [0.15, 0.2) is 5.96 Å². The van der Waals surface area contributed by atoms with E-state index < -0.39 is 10.8 Å². The van der Waals surface area contributed by atoms with Gasteiger partial charge in [0.2, 0.25) is 0 Å². The van der Waals surface area contributed by atoms with Gasteiger partial charge in [0.25, 0.3) is 0 Å². The summed E-state index contributed by atoms with van der Waals surface area (Å²) in [7, 11) is -0.913. The Morgan fingerprint density at radius 2 is 2.11 bits per heavy atom. The molecule has 2 atom stereocenters. The van der Waals surface area contributed by atoms with E-state index in [1.54, 1.807) is 6.26 Å². The fourth-order valence-corrected chi connectivity index (χ4v) is 2.39. The number of rotatable bonds is 3. The SMILES string of the molecule is CC(NC1=NCCCN1)c1ccc(S(C)=O)cc1. The van der Waals surface area contributed by atoms with Gasteiger partial charge in [0.1, 0.15) is 0 Å². The lowest BCUT2D eigenvalue weighted by Gasteiger charge is -2.21. The Balaban J connectivity index is 2.02. The molecule has 2 unspecified atom stereocenters. The van der Waals surface area contributed by atoms with Crippen LogP contribution in [0.2, 0.25) is 0 Å². The summed E-state index contributed by atoms with van der Waals surface area (Å²) in [6.07, 6.45) is 2.79. The van der Waals surface area contributed by atoms with Crippen molar-refractivity contribution in [2.75, 3.05) is 19.3 Å². The molecule has 0 bridgehead atoms. The summed E-state index contributed by atoms with van der Waals surface area (Å²) in [6, 6.07) is 8.04. The lowest BCUT2D eigenvalue weighted by Crippen LogP contribution is -2.41. The quantitative estimate of drug-likeness (QED) is 0.869. The second kappa shape index (κ2) is 6.00. The highest BCUT2D eigenvalue weighted by Gasteiger charge is 2.10. The van der Waals surface area contributed by atoms with E-state index in [1.165, 1.54) is 5.56 Å². The van der Waals surface area contributed by atoms with Crippen molar-refractivity contribution in [1.82, 2.24) is 10.6 Å². The molecule has 4 nitrogen and oxygen atoms in total. The maximum Gasteiger partial charge on any atom is 0.191 e. The molecule has 1 aromatic carbocycles. The van der Waals surface area contributed by atoms with Crippen molar-refractivity contribution in [2.24, 2.45) is 4.99 Å². The first-order valence-corrected chi connectivity index (χ1v) is 7.71. The summed E-state index contributed by atoms with van der Waals surface area (Å²) in [5.41, 5.74) is 1.17. The molecule has 0 saturated heterocycles. The fraction of sp³-hybridized carbons (Fsp3) is 0.462. The van der Waals surface area contributed by atoms with Crippen LogP contribution < -0.4 is 10.6 Å². The molecule has 98 valence electrons. The van der Waals surface area contributed by atoms with Crippen molar-refractivity contribution < 1.29 is 4.21 Å². The number of nitrogens with zero attached hydrogens (tertiary/aromatic N) is 1. The normalized spacial score (nSPS) is 18.4. The van der Waals surface area contributed by atoms with Gasteiger partial charge in [0, 0.05) is 35.0 Å². The van der Waals surface area contributed by atoms with E-state index >= 15 is 0 Å². The third kappa shape index (κ3) is 3.32. The summed E-state index contributed by atoms with van der Waals surface area (Å²) < 4.78 is 11.3. The van der Waals surface area contributed by atoms with Crippen molar-refractivity contribution in [2.45, 2.75) is 24.3 Å². The van der Waals surface area contributed by atoms with Crippen molar-refractivity contribution in [3.63, 3.8) is 0 Å². The molecule has 2 rings (SSSR count). The summed E-state index contributed by atoms with van der Waals surface area (Å²) in [4.78, 5) is 5.25. The topological polar surface area (TPSA) is 53.5 Å². The Labute approximate surface area is 110 Å². The van der Waals surface area contributed by atoms with Crippen molar-refractivity contribution in [3.05, 3.63) is 29.8 Å². The van der Waals surface area contributed by atoms with E-state index in [0.29, 0.717) is 0 Å². The van der Waals surface area contributed by atoms with Crippen LogP contribution in [0.15, 0.2) is 34.2 Å². The molecule has 1 heterocycles. The average molecular weight is 265 g/mol. The highest BCUT2D eigenvalue weighted by molar-refractivity contribution is 7.84. The van der Waals surface area contributed by atoms with Crippen molar-refractivity contribution in [3.8, 4) is 0 Å². The maximum atomic E-state index is 11.3. The van der Waals surface area contributed by atoms with E-state index in [-0.39, 0.29) is 6.04 Å². The fourth-order valence-electron chi connectivity index (χ4n) is 1.87. The van der Waals surface area contributed by atoms with Gasteiger partial charge >= 0.3 is 0 Å².